The van der Waals surface area contributed by atoms with Crippen LogP contribution in [-0.4, -0.2) is 58.4 Å². The van der Waals surface area contributed by atoms with Crippen molar-refractivity contribution >= 4 is 33.3 Å². The molecule has 0 saturated carbocycles. The minimum Gasteiger partial charge on any atom is -0.452 e. The third-order valence-corrected chi connectivity index (χ3v) is 6.65. The Bertz CT molecular complexity index is 1030. The SMILES string of the molecule is CN(C)c1cccc(C(=O)OCC(=O)Nc2cccc(S(=O)(=O)N3CCCC3)c2)c1. The van der Waals surface area contributed by atoms with Crippen molar-refractivity contribution in [1.29, 1.82) is 0 Å². The number of ether oxygens (including phenoxy) is 1. The van der Waals surface area contributed by atoms with Gasteiger partial charge in [0.05, 0.1) is 10.5 Å². The molecule has 1 heterocycles. The molecule has 1 amide bonds. The van der Waals surface area contributed by atoms with Gasteiger partial charge in [-0.05, 0) is 49.2 Å². The van der Waals surface area contributed by atoms with E-state index in [9.17, 15) is 18.0 Å². The highest BCUT2D eigenvalue weighted by Gasteiger charge is 2.27. The van der Waals surface area contributed by atoms with Crippen LogP contribution in [0.15, 0.2) is 53.4 Å². The van der Waals surface area contributed by atoms with Crippen molar-refractivity contribution in [3.05, 3.63) is 54.1 Å². The van der Waals surface area contributed by atoms with Gasteiger partial charge >= 0.3 is 5.97 Å². The smallest absolute Gasteiger partial charge is 0.338 e. The second-order valence-electron chi connectivity index (χ2n) is 7.21. The number of rotatable bonds is 7. The van der Waals surface area contributed by atoms with Gasteiger partial charge in [0.1, 0.15) is 0 Å². The Balaban J connectivity index is 1.60. The second-order valence-corrected chi connectivity index (χ2v) is 9.15. The lowest BCUT2D eigenvalue weighted by Crippen LogP contribution is -2.28. The van der Waals surface area contributed by atoms with Crippen LogP contribution in [0.4, 0.5) is 11.4 Å². The average Bonchev–Trinajstić information content (AvgIpc) is 3.28. The van der Waals surface area contributed by atoms with Crippen molar-refractivity contribution in [3.8, 4) is 0 Å². The number of esters is 1. The van der Waals surface area contributed by atoms with E-state index in [1.165, 1.54) is 16.4 Å². The molecule has 8 nitrogen and oxygen atoms in total. The van der Waals surface area contributed by atoms with Crippen LogP contribution in [0.1, 0.15) is 23.2 Å². The largest absolute Gasteiger partial charge is 0.452 e. The van der Waals surface area contributed by atoms with Gasteiger partial charge in [-0.25, -0.2) is 13.2 Å². The fraction of sp³-hybridized carbons (Fsp3) is 0.333. The first-order valence-corrected chi connectivity index (χ1v) is 11.1. The van der Waals surface area contributed by atoms with Gasteiger partial charge in [0.2, 0.25) is 10.0 Å². The first-order chi connectivity index (χ1) is 14.3. The monoisotopic (exact) mass is 431 g/mol. The maximum Gasteiger partial charge on any atom is 0.338 e. The van der Waals surface area contributed by atoms with E-state index >= 15 is 0 Å². The molecule has 2 aromatic carbocycles. The summed E-state index contributed by atoms with van der Waals surface area (Å²) in [5.41, 5.74) is 1.50. The molecule has 0 unspecified atom stereocenters. The van der Waals surface area contributed by atoms with Gasteiger partial charge in [-0.3, -0.25) is 4.79 Å². The lowest BCUT2D eigenvalue weighted by atomic mass is 10.2. The molecule has 1 saturated heterocycles. The number of benzene rings is 2. The molecule has 1 N–H and O–H groups in total. The predicted molar refractivity (Wildman–Crippen MR) is 114 cm³/mol. The average molecular weight is 432 g/mol. The van der Waals surface area contributed by atoms with Crippen LogP contribution in [0.3, 0.4) is 0 Å². The highest BCUT2D eigenvalue weighted by Crippen LogP contribution is 2.23. The lowest BCUT2D eigenvalue weighted by Gasteiger charge is -2.16. The normalized spacial score (nSPS) is 14.3. The van der Waals surface area contributed by atoms with E-state index in [1.807, 2.05) is 25.1 Å². The number of carbonyl (C=O) groups excluding carboxylic acids is 2. The van der Waals surface area contributed by atoms with E-state index in [-0.39, 0.29) is 4.90 Å². The molecule has 0 bridgehead atoms. The van der Waals surface area contributed by atoms with Crippen molar-refractivity contribution in [1.82, 2.24) is 4.31 Å². The lowest BCUT2D eigenvalue weighted by molar-refractivity contribution is -0.119. The fourth-order valence-electron chi connectivity index (χ4n) is 3.13. The van der Waals surface area contributed by atoms with Gasteiger partial charge < -0.3 is 15.0 Å². The highest BCUT2D eigenvalue weighted by atomic mass is 32.2. The molecule has 0 radical (unpaired) electrons. The standard InChI is InChI=1S/C21H25N3O5S/c1-23(2)18-9-5-7-16(13-18)21(26)29-15-20(25)22-17-8-6-10-19(14-17)30(27,28)24-11-3-4-12-24/h5-10,13-14H,3-4,11-12,15H2,1-2H3,(H,22,25). The topological polar surface area (TPSA) is 96.0 Å². The number of hydrogen-bond donors (Lipinski definition) is 1. The molecule has 0 spiro atoms. The number of hydrogen-bond acceptors (Lipinski definition) is 6. The van der Waals surface area contributed by atoms with Crippen LogP contribution in [-0.2, 0) is 19.6 Å². The van der Waals surface area contributed by atoms with Crippen LogP contribution in [0.2, 0.25) is 0 Å². The number of anilines is 2. The fourth-order valence-corrected chi connectivity index (χ4v) is 4.70. The van der Waals surface area contributed by atoms with Crippen molar-refractivity contribution < 1.29 is 22.7 Å². The molecule has 9 heteroatoms. The van der Waals surface area contributed by atoms with Crippen LogP contribution in [0.25, 0.3) is 0 Å². The third-order valence-electron chi connectivity index (χ3n) is 4.75. The first-order valence-electron chi connectivity index (χ1n) is 9.62. The van der Waals surface area contributed by atoms with Crippen LogP contribution in [0, 0.1) is 0 Å². The van der Waals surface area contributed by atoms with Gasteiger partial charge in [0.15, 0.2) is 6.61 Å². The summed E-state index contributed by atoms with van der Waals surface area (Å²) in [6, 6.07) is 12.9. The molecular weight excluding hydrogens is 406 g/mol. The minimum atomic E-state index is -3.58. The Morgan fingerprint density at radius 3 is 2.47 bits per heavy atom. The van der Waals surface area contributed by atoms with E-state index in [1.54, 1.807) is 30.3 Å². The third kappa shape index (κ3) is 5.17. The van der Waals surface area contributed by atoms with Gasteiger partial charge in [-0.1, -0.05) is 12.1 Å². The zero-order valence-electron chi connectivity index (χ0n) is 17.0. The molecule has 2 aromatic rings. The van der Waals surface area contributed by atoms with Gasteiger partial charge in [-0.2, -0.15) is 4.31 Å². The van der Waals surface area contributed by atoms with Crippen LogP contribution in [0.5, 0.6) is 0 Å². The molecule has 30 heavy (non-hydrogen) atoms. The quantitative estimate of drug-likeness (QED) is 0.676. The summed E-state index contributed by atoms with van der Waals surface area (Å²) < 4.78 is 31.8. The Kier molecular flexibility index (Phi) is 6.73. The van der Waals surface area contributed by atoms with E-state index < -0.39 is 28.5 Å². The summed E-state index contributed by atoms with van der Waals surface area (Å²) in [5.74, 6) is -1.16. The molecule has 1 aliphatic rings. The Morgan fingerprint density at radius 1 is 1.07 bits per heavy atom. The summed E-state index contributed by atoms with van der Waals surface area (Å²) in [6.07, 6.45) is 1.69. The van der Waals surface area contributed by atoms with E-state index in [2.05, 4.69) is 5.32 Å². The van der Waals surface area contributed by atoms with Crippen molar-refractivity contribution in [2.75, 3.05) is 44.0 Å². The number of nitrogens with one attached hydrogen (secondary N) is 1. The number of carbonyl (C=O) groups is 2. The van der Waals surface area contributed by atoms with E-state index in [0.717, 1.165) is 18.5 Å². The van der Waals surface area contributed by atoms with Crippen LogP contribution < -0.4 is 10.2 Å². The Hall–Kier alpha value is -2.91. The van der Waals surface area contributed by atoms with Gasteiger partial charge in [-0.15, -0.1) is 0 Å². The number of nitrogens with zero attached hydrogens (tertiary/aromatic N) is 2. The van der Waals surface area contributed by atoms with Crippen molar-refractivity contribution in [2.24, 2.45) is 0 Å². The van der Waals surface area contributed by atoms with Crippen molar-refractivity contribution in [3.63, 3.8) is 0 Å². The number of amides is 1. The van der Waals surface area contributed by atoms with Crippen LogP contribution >= 0.6 is 0 Å². The minimum absolute atomic E-state index is 0.125. The Labute approximate surface area is 176 Å². The predicted octanol–water partition coefficient (Wildman–Crippen LogP) is 2.33. The maximum absolute atomic E-state index is 12.7. The molecule has 1 fully saturated rings. The zero-order valence-corrected chi connectivity index (χ0v) is 17.8. The summed E-state index contributed by atoms with van der Waals surface area (Å²) >= 11 is 0. The summed E-state index contributed by atoms with van der Waals surface area (Å²) in [5, 5.41) is 2.57. The Morgan fingerprint density at radius 2 is 1.77 bits per heavy atom. The van der Waals surface area contributed by atoms with E-state index in [4.69, 9.17) is 4.74 Å². The summed E-state index contributed by atoms with van der Waals surface area (Å²) in [4.78, 5) is 26.4. The maximum atomic E-state index is 12.7. The number of sulfonamides is 1. The molecule has 0 atom stereocenters. The molecule has 0 aliphatic carbocycles. The van der Waals surface area contributed by atoms with E-state index in [0.29, 0.717) is 24.3 Å². The zero-order chi connectivity index (χ0) is 21.7. The molecule has 1 aliphatic heterocycles. The summed E-state index contributed by atoms with van der Waals surface area (Å²) in [6.45, 7) is 0.530. The second kappa shape index (κ2) is 9.27. The molecule has 0 aromatic heterocycles. The van der Waals surface area contributed by atoms with Gasteiger partial charge in [0.25, 0.3) is 5.91 Å². The summed E-state index contributed by atoms with van der Waals surface area (Å²) in [7, 11) is 0.137. The van der Waals surface area contributed by atoms with Crippen molar-refractivity contribution in [2.45, 2.75) is 17.7 Å². The molecule has 3 rings (SSSR count). The highest BCUT2D eigenvalue weighted by molar-refractivity contribution is 7.89. The molecule has 160 valence electrons. The molecular formula is C21H25N3O5S. The van der Waals surface area contributed by atoms with Gasteiger partial charge in [0, 0.05) is 38.6 Å². The first kappa shape index (κ1) is 21.8.